The molecule has 5 rings (SSSR count). The zero-order valence-corrected chi connectivity index (χ0v) is 29.4. The van der Waals surface area contributed by atoms with E-state index in [0.29, 0.717) is 76.0 Å². The van der Waals surface area contributed by atoms with E-state index in [9.17, 15) is 22.8 Å². The molecule has 1 amide bonds. The van der Waals surface area contributed by atoms with Gasteiger partial charge in [-0.3, -0.25) is 19.4 Å². The van der Waals surface area contributed by atoms with E-state index in [0.717, 1.165) is 37.0 Å². The molecule has 15 heteroatoms. The second-order valence-electron chi connectivity index (χ2n) is 11.3. The number of morpholine rings is 1. The first-order valence-corrected chi connectivity index (χ1v) is 17.2. The Bertz CT molecular complexity index is 1770. The van der Waals surface area contributed by atoms with Crippen molar-refractivity contribution in [3.05, 3.63) is 81.2 Å². The van der Waals surface area contributed by atoms with Crippen molar-refractivity contribution in [2.24, 2.45) is 0 Å². The third-order valence-corrected chi connectivity index (χ3v) is 9.62. The van der Waals surface area contributed by atoms with Gasteiger partial charge in [0.1, 0.15) is 16.7 Å². The molecule has 0 unspecified atom stereocenters. The van der Waals surface area contributed by atoms with Gasteiger partial charge in [0.25, 0.3) is 5.91 Å². The first kappa shape index (κ1) is 37.4. The van der Waals surface area contributed by atoms with Crippen molar-refractivity contribution in [3.8, 4) is 28.4 Å². The van der Waals surface area contributed by atoms with Gasteiger partial charge in [0.05, 0.1) is 43.8 Å². The summed E-state index contributed by atoms with van der Waals surface area (Å²) < 4.78 is 63.7. The molecule has 0 atom stereocenters. The molecule has 0 radical (unpaired) electrons. The van der Waals surface area contributed by atoms with Crippen molar-refractivity contribution in [1.29, 1.82) is 0 Å². The van der Waals surface area contributed by atoms with Crippen LogP contribution in [-0.2, 0) is 26.9 Å². The number of ether oxygens (including phenoxy) is 4. The van der Waals surface area contributed by atoms with Crippen LogP contribution in [0.4, 0.5) is 13.2 Å². The number of benzene rings is 3. The van der Waals surface area contributed by atoms with Crippen LogP contribution in [0.15, 0.2) is 59.5 Å². The van der Waals surface area contributed by atoms with E-state index in [4.69, 9.17) is 47.9 Å². The summed E-state index contributed by atoms with van der Waals surface area (Å²) in [5.41, 5.74) is 0.812. The van der Waals surface area contributed by atoms with Crippen LogP contribution in [0.1, 0.15) is 23.1 Å². The number of halogens is 4. The second kappa shape index (κ2) is 16.9. The smallest absolute Gasteiger partial charge is 0.416 e. The van der Waals surface area contributed by atoms with Crippen LogP contribution in [0.3, 0.4) is 0 Å². The van der Waals surface area contributed by atoms with E-state index in [1.807, 2.05) is 0 Å². The number of amides is 1. The predicted octanol–water partition coefficient (Wildman–Crippen LogP) is 7.04. The predicted molar refractivity (Wildman–Crippen MR) is 189 cm³/mol. The Kier molecular flexibility index (Phi) is 12.7. The minimum absolute atomic E-state index is 0.143. The minimum Gasteiger partial charge on any atom is -0.493 e. The Morgan fingerprint density at radius 3 is 2.48 bits per heavy atom. The Hall–Kier alpha value is -3.82. The van der Waals surface area contributed by atoms with E-state index in [2.05, 4.69) is 4.90 Å². The van der Waals surface area contributed by atoms with Gasteiger partial charge in [0.2, 0.25) is 0 Å². The molecule has 266 valence electrons. The molecule has 9 nitrogen and oxygen atoms in total. The second-order valence-corrected chi connectivity index (χ2v) is 13.4. The third kappa shape index (κ3) is 9.69. The number of alkyl halides is 3. The lowest BCUT2D eigenvalue weighted by atomic mass is 9.99. The summed E-state index contributed by atoms with van der Waals surface area (Å²) in [7, 11) is 1.48. The Morgan fingerprint density at radius 2 is 1.76 bits per heavy atom. The number of nitrogens with zero attached hydrogens (tertiary/aromatic N) is 2. The lowest BCUT2D eigenvalue weighted by Crippen LogP contribution is -2.38. The van der Waals surface area contributed by atoms with Gasteiger partial charge in [-0.05, 0) is 66.1 Å². The highest BCUT2D eigenvalue weighted by Gasteiger charge is 2.33. The molecular formula is C35H34ClF3N2O7S2. The number of aliphatic carboxylic acids is 1. The number of carbonyl (C=O) groups is 2. The Balaban J connectivity index is 1.33. The van der Waals surface area contributed by atoms with Crippen LogP contribution in [0.5, 0.6) is 17.2 Å². The zero-order chi connectivity index (χ0) is 35.8. The van der Waals surface area contributed by atoms with Crippen LogP contribution in [-0.4, -0.2) is 90.8 Å². The highest BCUT2D eigenvalue weighted by Crippen LogP contribution is 2.39. The molecule has 2 fully saturated rings. The molecule has 0 spiro atoms. The first-order chi connectivity index (χ1) is 23.9. The molecule has 3 aromatic carbocycles. The molecule has 0 aliphatic carbocycles. The molecule has 2 aliphatic heterocycles. The first-order valence-electron chi connectivity index (χ1n) is 15.6. The molecule has 3 aromatic rings. The van der Waals surface area contributed by atoms with Crippen molar-refractivity contribution >= 4 is 57.9 Å². The fourth-order valence-electron chi connectivity index (χ4n) is 5.35. The molecule has 0 saturated carbocycles. The van der Waals surface area contributed by atoms with Crippen molar-refractivity contribution in [1.82, 2.24) is 9.80 Å². The number of carboxylic acid groups (broad SMARTS) is 1. The largest absolute Gasteiger partial charge is 0.493 e. The van der Waals surface area contributed by atoms with E-state index in [1.165, 1.54) is 18.1 Å². The average Bonchev–Trinajstić information content (AvgIpc) is 3.34. The van der Waals surface area contributed by atoms with Crippen molar-refractivity contribution < 1.29 is 46.8 Å². The molecule has 0 aromatic heterocycles. The topological polar surface area (TPSA) is 97.8 Å². The van der Waals surface area contributed by atoms with Gasteiger partial charge in [-0.15, -0.1) is 0 Å². The SMILES string of the molecule is COc1ccc(CC(=O)O)cc1OCCCN1C(=O)/C(=C/c2cc(-c3cc(C(F)(F)F)ccc3Cl)ccc2OCCN2CCOCC2)SC1=S. The van der Waals surface area contributed by atoms with E-state index in [1.54, 1.807) is 42.5 Å². The van der Waals surface area contributed by atoms with E-state index >= 15 is 0 Å². The minimum atomic E-state index is -4.56. The van der Waals surface area contributed by atoms with Crippen LogP contribution in [0, 0.1) is 0 Å². The van der Waals surface area contributed by atoms with Crippen LogP contribution >= 0.6 is 35.6 Å². The quantitative estimate of drug-likeness (QED) is 0.105. The number of thiocarbonyl (C=S) groups is 1. The maximum atomic E-state index is 13.6. The summed E-state index contributed by atoms with van der Waals surface area (Å²) in [5, 5.41) is 9.26. The lowest BCUT2D eigenvalue weighted by molar-refractivity contribution is -0.138. The zero-order valence-electron chi connectivity index (χ0n) is 27.0. The van der Waals surface area contributed by atoms with Gasteiger partial charge < -0.3 is 24.1 Å². The van der Waals surface area contributed by atoms with Crippen LogP contribution < -0.4 is 14.2 Å². The molecule has 2 aliphatic rings. The number of methoxy groups -OCH3 is 1. The number of carboxylic acids is 1. The van der Waals surface area contributed by atoms with E-state index in [-0.39, 0.29) is 36.1 Å². The van der Waals surface area contributed by atoms with Crippen molar-refractivity contribution in [3.63, 3.8) is 0 Å². The number of thioether (sulfide) groups is 1. The fourth-order valence-corrected chi connectivity index (χ4v) is 6.88. The summed E-state index contributed by atoms with van der Waals surface area (Å²) in [4.78, 5) is 28.7. The average molecular weight is 751 g/mol. The molecule has 0 bridgehead atoms. The van der Waals surface area contributed by atoms with Crippen LogP contribution in [0.2, 0.25) is 5.02 Å². The van der Waals surface area contributed by atoms with Gasteiger partial charge in [-0.2, -0.15) is 13.2 Å². The molecule has 2 saturated heterocycles. The monoisotopic (exact) mass is 750 g/mol. The molecule has 50 heavy (non-hydrogen) atoms. The molecule has 1 N–H and O–H groups in total. The molecule has 2 heterocycles. The fraction of sp³-hybridized carbons (Fsp3) is 0.343. The Labute approximate surface area is 301 Å². The summed E-state index contributed by atoms with van der Waals surface area (Å²) in [6.45, 7) is 4.27. The van der Waals surface area contributed by atoms with Crippen LogP contribution in [0.25, 0.3) is 17.2 Å². The van der Waals surface area contributed by atoms with Gasteiger partial charge in [-0.1, -0.05) is 47.7 Å². The summed E-state index contributed by atoms with van der Waals surface area (Å²) in [5.74, 6) is -0.0187. The molecular weight excluding hydrogens is 717 g/mol. The number of carbonyl (C=O) groups excluding carboxylic acids is 1. The van der Waals surface area contributed by atoms with Gasteiger partial charge in [0.15, 0.2) is 11.5 Å². The number of hydrogen-bond acceptors (Lipinski definition) is 9. The maximum Gasteiger partial charge on any atom is 0.416 e. The standard InChI is InChI=1S/C35H34ClF3N2O7S2/c1-45-29-7-3-22(18-32(42)43)17-30(29)47-13-2-9-41-33(44)31(50-34(41)49)20-24-19-23(26-21-25(35(37,38)39)5-6-27(26)36)4-8-28(24)48-16-12-40-10-14-46-15-11-40/h3-8,17,19-21H,2,9-16,18H2,1H3,(H,42,43)/b31-20-. The van der Waals surface area contributed by atoms with E-state index < -0.39 is 17.7 Å². The van der Waals surface area contributed by atoms with Crippen molar-refractivity contribution in [2.75, 3.05) is 59.7 Å². The Morgan fingerprint density at radius 1 is 1.02 bits per heavy atom. The normalized spacial score (nSPS) is 16.3. The summed E-state index contributed by atoms with van der Waals surface area (Å²) >= 11 is 13.0. The lowest BCUT2D eigenvalue weighted by Gasteiger charge is -2.26. The van der Waals surface area contributed by atoms with Gasteiger partial charge >= 0.3 is 12.1 Å². The third-order valence-electron chi connectivity index (χ3n) is 7.91. The number of hydrogen-bond donors (Lipinski definition) is 1. The number of rotatable bonds is 14. The highest BCUT2D eigenvalue weighted by atomic mass is 35.5. The van der Waals surface area contributed by atoms with Gasteiger partial charge in [0, 0.05) is 42.3 Å². The summed E-state index contributed by atoms with van der Waals surface area (Å²) in [6, 6.07) is 13.0. The van der Waals surface area contributed by atoms with Crippen molar-refractivity contribution in [2.45, 2.75) is 19.0 Å². The summed E-state index contributed by atoms with van der Waals surface area (Å²) in [6.07, 6.45) is -2.69. The van der Waals surface area contributed by atoms with Gasteiger partial charge in [-0.25, -0.2) is 0 Å². The highest BCUT2D eigenvalue weighted by molar-refractivity contribution is 8.26. The maximum absolute atomic E-state index is 13.6.